The number of imidazole rings is 1. The Labute approximate surface area is 175 Å². The fourth-order valence-electron chi connectivity index (χ4n) is 3.56. The lowest BCUT2D eigenvalue weighted by Gasteiger charge is -2.14. The van der Waals surface area contributed by atoms with Gasteiger partial charge in [0.1, 0.15) is 5.82 Å². The average molecular weight is 399 g/mol. The predicted molar refractivity (Wildman–Crippen MR) is 117 cm³/mol. The number of rotatable bonds is 7. The lowest BCUT2D eigenvalue weighted by atomic mass is 9.98. The normalized spacial score (nSPS) is 10.7. The molecule has 0 fully saturated rings. The molecule has 0 aliphatic rings. The fraction of sp³-hybridized carbons (Fsp3) is 0.120. The minimum Gasteiger partial charge on any atom is -0.380 e. The van der Waals surface area contributed by atoms with Crippen LogP contribution in [0.15, 0.2) is 85.5 Å². The van der Waals surface area contributed by atoms with Crippen molar-refractivity contribution in [2.75, 3.05) is 5.32 Å². The number of Topliss-reactive ketones (excluding diaryl/α,β-unsaturated/α-hetero) is 1. The van der Waals surface area contributed by atoms with Gasteiger partial charge in [0.25, 0.3) is 0 Å². The van der Waals surface area contributed by atoms with Gasteiger partial charge in [0.15, 0.2) is 5.78 Å². The highest BCUT2D eigenvalue weighted by Crippen LogP contribution is 2.26. The molecule has 30 heavy (non-hydrogen) atoms. The quantitative estimate of drug-likeness (QED) is 0.414. The van der Waals surface area contributed by atoms with Crippen LogP contribution in [0, 0.1) is 5.82 Å². The molecular weight excluding hydrogens is 377 g/mol. The van der Waals surface area contributed by atoms with Gasteiger partial charge in [-0.05, 0) is 41.3 Å². The lowest BCUT2D eigenvalue weighted by Crippen LogP contribution is -2.07. The molecule has 5 heteroatoms. The molecule has 0 aliphatic heterocycles. The maximum absolute atomic E-state index is 14.1. The molecule has 4 rings (SSSR count). The summed E-state index contributed by atoms with van der Waals surface area (Å²) in [5.41, 5.74) is 5.07. The van der Waals surface area contributed by atoms with E-state index in [9.17, 15) is 9.18 Å². The van der Waals surface area contributed by atoms with Gasteiger partial charge in [-0.15, -0.1) is 0 Å². The average Bonchev–Trinajstić information content (AvgIpc) is 3.26. The van der Waals surface area contributed by atoms with Gasteiger partial charge < -0.3 is 9.88 Å². The van der Waals surface area contributed by atoms with Crippen molar-refractivity contribution in [2.45, 2.75) is 20.0 Å². The smallest absolute Gasteiger partial charge is 0.164 e. The Morgan fingerprint density at radius 3 is 2.57 bits per heavy atom. The molecule has 0 saturated heterocycles. The summed E-state index contributed by atoms with van der Waals surface area (Å²) in [5.74, 6) is -0.799. The number of carbonyl (C=O) groups is 1. The highest BCUT2D eigenvalue weighted by atomic mass is 19.1. The first-order valence-corrected chi connectivity index (χ1v) is 9.78. The van der Waals surface area contributed by atoms with E-state index in [0.29, 0.717) is 12.2 Å². The van der Waals surface area contributed by atoms with Crippen molar-refractivity contribution in [2.24, 2.45) is 0 Å². The Balaban J connectivity index is 1.55. The zero-order valence-electron chi connectivity index (χ0n) is 16.7. The molecule has 4 aromatic rings. The standard InChI is InChI=1S/C25H22FN3O/c1-18(30)25-23(26)7-4-8-24(25)28-15-21-5-2-3-6-22(21)20-11-9-19(10-12-20)16-29-14-13-27-17-29/h2-14,17,28H,15-16H2,1H3. The van der Waals surface area contributed by atoms with Gasteiger partial charge in [-0.2, -0.15) is 0 Å². The number of nitrogens with zero attached hydrogens (tertiary/aromatic N) is 2. The highest BCUT2D eigenvalue weighted by molar-refractivity contribution is 5.99. The van der Waals surface area contributed by atoms with E-state index in [-0.39, 0.29) is 11.3 Å². The van der Waals surface area contributed by atoms with Crippen LogP contribution in [-0.2, 0) is 13.1 Å². The first-order chi connectivity index (χ1) is 14.6. The van der Waals surface area contributed by atoms with Crippen molar-refractivity contribution in [3.63, 3.8) is 0 Å². The Kier molecular flexibility index (Phi) is 5.70. The zero-order chi connectivity index (χ0) is 20.9. The lowest BCUT2D eigenvalue weighted by molar-refractivity contribution is 0.101. The molecule has 0 amide bonds. The predicted octanol–water partition coefficient (Wildman–Crippen LogP) is 5.55. The minimum atomic E-state index is -0.505. The van der Waals surface area contributed by atoms with Crippen LogP contribution < -0.4 is 5.32 Å². The molecule has 0 saturated carbocycles. The molecule has 3 aromatic carbocycles. The second kappa shape index (κ2) is 8.74. The number of halogens is 1. The number of ketones is 1. The van der Waals surface area contributed by atoms with E-state index in [1.807, 2.05) is 29.0 Å². The largest absolute Gasteiger partial charge is 0.380 e. The first kappa shape index (κ1) is 19.6. The van der Waals surface area contributed by atoms with Gasteiger partial charge in [0.05, 0.1) is 11.9 Å². The third-order valence-electron chi connectivity index (χ3n) is 5.04. The van der Waals surface area contributed by atoms with Crippen molar-refractivity contribution in [1.82, 2.24) is 9.55 Å². The van der Waals surface area contributed by atoms with Gasteiger partial charge in [0, 0.05) is 31.2 Å². The summed E-state index contributed by atoms with van der Waals surface area (Å²) < 4.78 is 16.1. The van der Waals surface area contributed by atoms with Crippen LogP contribution in [-0.4, -0.2) is 15.3 Å². The molecule has 1 aromatic heterocycles. The first-order valence-electron chi connectivity index (χ1n) is 9.78. The van der Waals surface area contributed by atoms with Crippen molar-refractivity contribution >= 4 is 11.5 Å². The van der Waals surface area contributed by atoms with Gasteiger partial charge in [-0.3, -0.25) is 4.79 Å². The number of anilines is 1. The molecule has 1 N–H and O–H groups in total. The Morgan fingerprint density at radius 1 is 1.03 bits per heavy atom. The van der Waals surface area contributed by atoms with Crippen LogP contribution in [0.4, 0.5) is 10.1 Å². The van der Waals surface area contributed by atoms with Crippen molar-refractivity contribution < 1.29 is 9.18 Å². The summed E-state index contributed by atoms with van der Waals surface area (Å²) in [6, 6.07) is 21.2. The van der Waals surface area contributed by atoms with Crippen LogP contribution in [0.25, 0.3) is 11.1 Å². The second-order valence-corrected chi connectivity index (χ2v) is 7.16. The maximum atomic E-state index is 14.1. The van der Waals surface area contributed by atoms with E-state index < -0.39 is 5.82 Å². The monoisotopic (exact) mass is 399 g/mol. The summed E-state index contributed by atoms with van der Waals surface area (Å²) in [6.07, 6.45) is 5.51. The van der Waals surface area contributed by atoms with Gasteiger partial charge in [-0.1, -0.05) is 54.6 Å². The van der Waals surface area contributed by atoms with Crippen molar-refractivity contribution in [3.05, 3.63) is 108 Å². The number of benzene rings is 3. The van der Waals surface area contributed by atoms with Gasteiger partial charge in [0.2, 0.25) is 0 Å². The molecular formula is C25H22FN3O. The molecule has 0 unspecified atom stereocenters. The highest BCUT2D eigenvalue weighted by Gasteiger charge is 2.13. The van der Waals surface area contributed by atoms with E-state index in [1.54, 1.807) is 24.7 Å². The third-order valence-corrected chi connectivity index (χ3v) is 5.04. The van der Waals surface area contributed by atoms with E-state index in [4.69, 9.17) is 0 Å². The van der Waals surface area contributed by atoms with Crippen LogP contribution in [0.3, 0.4) is 0 Å². The van der Waals surface area contributed by atoms with E-state index in [1.165, 1.54) is 18.6 Å². The fourth-order valence-corrected chi connectivity index (χ4v) is 3.56. The molecule has 0 aliphatic carbocycles. The van der Waals surface area contributed by atoms with Crippen LogP contribution in [0.1, 0.15) is 28.4 Å². The SMILES string of the molecule is CC(=O)c1c(F)cccc1NCc1ccccc1-c1ccc(Cn2ccnc2)cc1. The zero-order valence-corrected chi connectivity index (χ0v) is 16.7. The second-order valence-electron chi connectivity index (χ2n) is 7.16. The number of carbonyl (C=O) groups excluding carboxylic acids is 1. The Bertz CT molecular complexity index is 1150. The van der Waals surface area contributed by atoms with Crippen molar-refractivity contribution in [1.29, 1.82) is 0 Å². The summed E-state index contributed by atoms with van der Waals surface area (Å²) in [7, 11) is 0. The van der Waals surface area contributed by atoms with Gasteiger partial charge in [-0.25, -0.2) is 9.37 Å². The molecule has 0 radical (unpaired) electrons. The molecule has 4 nitrogen and oxygen atoms in total. The number of hydrogen-bond acceptors (Lipinski definition) is 3. The Hall–Kier alpha value is -3.73. The molecule has 0 spiro atoms. The Morgan fingerprint density at radius 2 is 1.83 bits per heavy atom. The van der Waals surface area contributed by atoms with E-state index in [0.717, 1.165) is 23.2 Å². The van der Waals surface area contributed by atoms with E-state index >= 15 is 0 Å². The number of hydrogen-bond donors (Lipinski definition) is 1. The molecule has 1 heterocycles. The van der Waals surface area contributed by atoms with Crippen LogP contribution in [0.5, 0.6) is 0 Å². The summed E-state index contributed by atoms with van der Waals surface area (Å²) in [5, 5.41) is 3.23. The third kappa shape index (κ3) is 4.30. The van der Waals surface area contributed by atoms with Crippen LogP contribution >= 0.6 is 0 Å². The topological polar surface area (TPSA) is 46.9 Å². The minimum absolute atomic E-state index is 0.0961. The molecule has 0 atom stereocenters. The van der Waals surface area contributed by atoms with Crippen molar-refractivity contribution in [3.8, 4) is 11.1 Å². The summed E-state index contributed by atoms with van der Waals surface area (Å²) >= 11 is 0. The molecule has 150 valence electrons. The summed E-state index contributed by atoms with van der Waals surface area (Å²) in [6.45, 7) is 2.64. The maximum Gasteiger partial charge on any atom is 0.164 e. The van der Waals surface area contributed by atoms with Crippen LogP contribution in [0.2, 0.25) is 0 Å². The number of aromatic nitrogens is 2. The van der Waals surface area contributed by atoms with E-state index in [2.05, 4.69) is 40.6 Å². The van der Waals surface area contributed by atoms with Gasteiger partial charge >= 0.3 is 0 Å². The summed E-state index contributed by atoms with van der Waals surface area (Å²) in [4.78, 5) is 15.9. The number of nitrogens with one attached hydrogen (secondary N) is 1. The molecule has 0 bridgehead atoms.